The first-order valence-corrected chi connectivity index (χ1v) is 12.1. The van der Waals surface area contributed by atoms with E-state index in [9.17, 15) is 2.74 Å². The Balaban J connectivity index is 1.56. The van der Waals surface area contributed by atoms with Crippen LogP contribution in [0.2, 0.25) is 0 Å². The lowest BCUT2D eigenvalue weighted by atomic mass is 9.67. The summed E-state index contributed by atoms with van der Waals surface area (Å²) in [5, 5.41) is 0. The third-order valence-corrected chi connectivity index (χ3v) is 7.09. The summed E-state index contributed by atoms with van der Waals surface area (Å²) in [5.41, 5.74) is 1.13. The molecule has 0 N–H and O–H groups in total. The molecule has 3 heteroatoms. The van der Waals surface area contributed by atoms with Crippen LogP contribution in [0.3, 0.4) is 0 Å². The van der Waals surface area contributed by atoms with E-state index in [2.05, 4.69) is 0 Å². The van der Waals surface area contributed by atoms with Crippen LogP contribution >= 0.6 is 0 Å². The quantitative estimate of drug-likeness (QED) is 0.265. The average molecular weight is 475 g/mol. The van der Waals surface area contributed by atoms with Crippen LogP contribution in [-0.4, -0.2) is 15.0 Å². The lowest BCUT2D eigenvalue weighted by Gasteiger charge is -2.36. The van der Waals surface area contributed by atoms with Crippen molar-refractivity contribution in [2.75, 3.05) is 0 Å². The van der Waals surface area contributed by atoms with Crippen LogP contribution in [-0.2, 0) is 5.41 Å². The molecule has 7 rings (SSSR count). The van der Waals surface area contributed by atoms with Crippen molar-refractivity contribution in [3.05, 3.63) is 114 Å². The van der Waals surface area contributed by atoms with Crippen LogP contribution < -0.4 is 0 Å². The third kappa shape index (κ3) is 3.38. The van der Waals surface area contributed by atoms with Gasteiger partial charge in [-0.1, -0.05) is 116 Å². The van der Waals surface area contributed by atoms with Gasteiger partial charge in [-0.05, 0) is 41.1 Å². The Kier molecular flexibility index (Phi) is 3.28. The number of hydrogen-bond donors (Lipinski definition) is 0. The van der Waals surface area contributed by atoms with Crippen molar-refractivity contribution in [2.24, 2.45) is 0 Å². The van der Waals surface area contributed by atoms with E-state index in [4.69, 9.17) is 24.5 Å². The highest BCUT2D eigenvalue weighted by Crippen LogP contribution is 2.56. The maximum absolute atomic E-state index is 9.62. The van der Waals surface area contributed by atoms with Gasteiger partial charge in [0.05, 0.1) is 9.60 Å². The second kappa shape index (κ2) is 8.53. The molecule has 4 aromatic carbocycles. The zero-order valence-electron chi connectivity index (χ0n) is 28.4. The third-order valence-electron chi connectivity index (χ3n) is 7.09. The monoisotopic (exact) mass is 474 g/mol. The van der Waals surface area contributed by atoms with Gasteiger partial charge in [-0.15, -0.1) is 0 Å². The Morgan fingerprint density at radius 2 is 1.17 bits per heavy atom. The fourth-order valence-electron chi connectivity index (χ4n) is 5.32. The minimum absolute atomic E-state index is 0.00605. The Bertz CT molecular complexity index is 1950. The summed E-state index contributed by atoms with van der Waals surface area (Å²) in [6.07, 6.45) is -0.881. The molecule has 174 valence electrons. The summed E-state index contributed by atoms with van der Waals surface area (Å²) in [6, 6.07) is 16.3. The van der Waals surface area contributed by atoms with Gasteiger partial charge in [0, 0.05) is 24.8 Å². The molecule has 0 bridgehead atoms. The summed E-state index contributed by atoms with van der Waals surface area (Å²) in [4.78, 5) is 14.1. The van der Waals surface area contributed by atoms with Gasteiger partial charge in [0.15, 0.2) is 17.5 Å². The molecule has 1 heterocycles. The number of aromatic nitrogens is 3. The van der Waals surface area contributed by atoms with E-state index in [0.29, 0.717) is 28.3 Å². The molecule has 1 aromatic heterocycles. The maximum atomic E-state index is 9.62. The largest absolute Gasteiger partial charge is 0.208 e. The smallest absolute Gasteiger partial charge is 0.164 e. The van der Waals surface area contributed by atoms with Gasteiger partial charge in [-0.3, -0.25) is 0 Å². The number of rotatable bonds is 3. The first-order valence-electron chi connectivity index (χ1n) is 16.6. The molecule has 36 heavy (non-hydrogen) atoms. The minimum Gasteiger partial charge on any atom is -0.208 e. The summed E-state index contributed by atoms with van der Waals surface area (Å²) in [6.45, 7) is 0. The van der Waals surface area contributed by atoms with E-state index in [1.807, 2.05) is 60.7 Å². The van der Waals surface area contributed by atoms with Crippen LogP contribution in [0.15, 0.2) is 103 Å². The van der Waals surface area contributed by atoms with Gasteiger partial charge >= 0.3 is 0 Å². The van der Waals surface area contributed by atoms with Crippen molar-refractivity contribution in [2.45, 2.75) is 37.5 Å². The van der Waals surface area contributed by atoms with E-state index in [1.54, 1.807) is 0 Å². The molecular formula is C33H27N3. The van der Waals surface area contributed by atoms with Gasteiger partial charge in [0.2, 0.25) is 0 Å². The van der Waals surface area contributed by atoms with Crippen LogP contribution in [0.5, 0.6) is 0 Å². The van der Waals surface area contributed by atoms with Crippen LogP contribution in [0.4, 0.5) is 0 Å². The molecule has 0 amide bonds. The summed E-state index contributed by atoms with van der Waals surface area (Å²) in [5.74, 6) is 0.688. The van der Waals surface area contributed by atoms with Gasteiger partial charge < -0.3 is 0 Å². The summed E-state index contributed by atoms with van der Waals surface area (Å²) in [7, 11) is 0. The molecule has 1 fully saturated rings. The second-order valence-corrected chi connectivity index (χ2v) is 9.12. The van der Waals surface area contributed by atoms with Crippen molar-refractivity contribution < 1.29 is 12.3 Å². The van der Waals surface area contributed by atoms with Crippen molar-refractivity contribution in [1.29, 1.82) is 0 Å². The van der Waals surface area contributed by atoms with Crippen molar-refractivity contribution in [1.82, 2.24) is 15.0 Å². The maximum Gasteiger partial charge on any atom is 0.164 e. The van der Waals surface area contributed by atoms with Gasteiger partial charge in [0.1, 0.15) is 0 Å². The van der Waals surface area contributed by atoms with Gasteiger partial charge in [-0.2, -0.15) is 0 Å². The minimum atomic E-state index is -1.48. The predicted molar refractivity (Wildman–Crippen MR) is 145 cm³/mol. The molecular weight excluding hydrogens is 438 g/mol. The highest BCUT2D eigenvalue weighted by molar-refractivity contribution is 5.83. The number of benzene rings is 4. The Morgan fingerprint density at radius 1 is 0.611 bits per heavy atom. The molecule has 2 aliphatic carbocycles. The predicted octanol–water partition coefficient (Wildman–Crippen LogP) is 8.10. The molecule has 0 atom stereocenters. The average Bonchev–Trinajstić information content (AvgIpc) is 3.35. The van der Waals surface area contributed by atoms with Crippen LogP contribution in [0, 0.1) is 0 Å². The van der Waals surface area contributed by atoms with E-state index in [-0.39, 0.29) is 84.0 Å². The molecule has 2 aliphatic rings. The van der Waals surface area contributed by atoms with Gasteiger partial charge in [0.25, 0.3) is 0 Å². The molecule has 0 aliphatic heterocycles. The molecule has 1 spiro atoms. The topological polar surface area (TPSA) is 38.7 Å². The molecule has 5 aromatic rings. The van der Waals surface area contributed by atoms with E-state index >= 15 is 0 Å². The fourth-order valence-corrected chi connectivity index (χ4v) is 5.32. The Morgan fingerprint density at radius 3 is 1.81 bits per heavy atom. The highest BCUT2D eigenvalue weighted by Gasteiger charge is 2.43. The normalized spacial score (nSPS) is 20.4. The van der Waals surface area contributed by atoms with E-state index < -0.39 is 23.9 Å². The lowest BCUT2D eigenvalue weighted by Crippen LogP contribution is -2.28. The molecule has 3 nitrogen and oxygen atoms in total. The van der Waals surface area contributed by atoms with Crippen LogP contribution in [0.1, 0.15) is 55.5 Å². The Hall–Kier alpha value is -4.11. The molecule has 1 saturated carbocycles. The standard InChI is InChI=1S/C33H27N3/c1-4-12-23(13-5-1)30-34-31(24-14-6-2-7-15-24)36-32(35-30)25-18-19-27-26-16-8-9-17-28(26)33(29(27)22-25)20-10-3-11-21-33/h1-2,4-9,12-19,22H,3,10-11,20-21H2/i3D2,8D,9D,16D,17D,18D,19D,22D. The zero-order valence-corrected chi connectivity index (χ0v) is 19.4. The first kappa shape index (κ1) is 13.8. The lowest BCUT2D eigenvalue weighted by molar-refractivity contribution is 0.353. The van der Waals surface area contributed by atoms with Crippen molar-refractivity contribution in [3.63, 3.8) is 0 Å². The molecule has 0 saturated heterocycles. The highest BCUT2D eigenvalue weighted by atomic mass is 15.0. The summed E-state index contributed by atoms with van der Waals surface area (Å²) >= 11 is 0. The van der Waals surface area contributed by atoms with Crippen LogP contribution in [0.25, 0.3) is 45.3 Å². The molecule has 0 radical (unpaired) electrons. The van der Waals surface area contributed by atoms with Gasteiger partial charge in [-0.25, -0.2) is 15.0 Å². The van der Waals surface area contributed by atoms with Crippen molar-refractivity contribution >= 4 is 0 Å². The Labute approximate surface area is 224 Å². The SMILES string of the molecule is [2H]c1c([2H])c([2H])c2c(c1[2H])-c1c([2H])c([2H])c(-c3nc(-c4ccccc4)nc(-c4ccccc4)n3)c([2H])c1C21CCC([2H])([2H])CC1. The number of hydrogen-bond acceptors (Lipinski definition) is 3. The first-order chi connectivity index (χ1) is 21.4. The fraction of sp³-hybridized carbons (Fsp3) is 0.182. The van der Waals surface area contributed by atoms with E-state index in [0.717, 1.165) is 0 Å². The number of fused-ring (bicyclic) bond motifs is 5. The number of nitrogens with zero attached hydrogens (tertiary/aromatic N) is 3. The van der Waals surface area contributed by atoms with Crippen molar-refractivity contribution in [3.8, 4) is 45.3 Å². The summed E-state index contributed by atoms with van der Waals surface area (Å²) < 4.78 is 79.4. The van der Waals surface area contributed by atoms with E-state index in [1.165, 1.54) is 0 Å². The molecule has 0 unspecified atom stereocenters. The zero-order chi connectivity index (χ0) is 31.8. The second-order valence-electron chi connectivity index (χ2n) is 9.12.